The van der Waals surface area contributed by atoms with Crippen LogP contribution in [0, 0.1) is 0 Å². The first kappa shape index (κ1) is 12.1. The molecule has 0 bridgehead atoms. The lowest BCUT2D eigenvalue weighted by molar-refractivity contribution is 0.0348. The molecule has 0 spiro atoms. The summed E-state index contributed by atoms with van der Waals surface area (Å²) in [6, 6.07) is 0. The molecule has 1 rings (SSSR count). The quantitative estimate of drug-likeness (QED) is 0.646. The summed E-state index contributed by atoms with van der Waals surface area (Å²) in [6.45, 7) is 6.72. The van der Waals surface area contributed by atoms with Crippen LogP contribution in [0.2, 0.25) is 0 Å². The van der Waals surface area contributed by atoms with E-state index in [9.17, 15) is 0 Å². The van der Waals surface area contributed by atoms with Gasteiger partial charge in [0.1, 0.15) is 5.60 Å². The van der Waals surface area contributed by atoms with E-state index in [0.717, 1.165) is 6.42 Å². The minimum Gasteiger partial charge on any atom is -0.499 e. The lowest BCUT2D eigenvalue weighted by atomic mass is 9.95. The lowest BCUT2D eigenvalue weighted by Crippen LogP contribution is -2.28. The second kappa shape index (κ2) is 5.76. The summed E-state index contributed by atoms with van der Waals surface area (Å²) < 4.78 is 11.1. The van der Waals surface area contributed by atoms with Gasteiger partial charge in [-0.1, -0.05) is 18.2 Å². The van der Waals surface area contributed by atoms with E-state index >= 15 is 0 Å². The fourth-order valence-corrected chi connectivity index (χ4v) is 1.48. The Balaban J connectivity index is 2.61. The Hall–Kier alpha value is -1.02. The molecule has 1 aliphatic carbocycles. The van der Waals surface area contributed by atoms with Crippen LogP contribution in [-0.4, -0.2) is 18.3 Å². The van der Waals surface area contributed by atoms with Crippen LogP contribution in [0.3, 0.4) is 0 Å². The largest absolute Gasteiger partial charge is 0.499 e. The molecule has 2 nitrogen and oxygen atoms in total. The molecule has 1 aliphatic rings. The van der Waals surface area contributed by atoms with Crippen molar-refractivity contribution in [3.8, 4) is 0 Å². The van der Waals surface area contributed by atoms with Gasteiger partial charge >= 0.3 is 0 Å². The van der Waals surface area contributed by atoms with Crippen LogP contribution in [0.15, 0.2) is 36.6 Å². The van der Waals surface area contributed by atoms with Gasteiger partial charge in [0.15, 0.2) is 0 Å². The van der Waals surface area contributed by atoms with E-state index in [-0.39, 0.29) is 11.7 Å². The SMILES string of the molecule is CCOC1(C=COC(C)C)C=CC=CC1. The summed E-state index contributed by atoms with van der Waals surface area (Å²) in [7, 11) is 0. The van der Waals surface area contributed by atoms with Crippen LogP contribution in [0.1, 0.15) is 27.2 Å². The van der Waals surface area contributed by atoms with E-state index in [1.54, 1.807) is 6.26 Å². The van der Waals surface area contributed by atoms with Gasteiger partial charge in [-0.3, -0.25) is 0 Å². The normalized spacial score (nSPS) is 25.3. The van der Waals surface area contributed by atoms with E-state index in [1.807, 2.05) is 39.0 Å². The molecule has 2 heteroatoms. The smallest absolute Gasteiger partial charge is 0.111 e. The molecule has 0 N–H and O–H groups in total. The first-order valence-corrected chi connectivity index (χ1v) is 5.50. The molecule has 0 aromatic carbocycles. The van der Waals surface area contributed by atoms with Crippen molar-refractivity contribution in [2.24, 2.45) is 0 Å². The molecule has 0 heterocycles. The molecule has 84 valence electrons. The Morgan fingerprint density at radius 1 is 1.40 bits per heavy atom. The predicted octanol–water partition coefficient (Wildman–Crippen LogP) is 3.22. The number of hydrogen-bond acceptors (Lipinski definition) is 2. The number of ether oxygens (including phenoxy) is 2. The van der Waals surface area contributed by atoms with E-state index in [4.69, 9.17) is 9.47 Å². The molecule has 0 saturated heterocycles. The van der Waals surface area contributed by atoms with Gasteiger partial charge in [0, 0.05) is 13.0 Å². The molecule has 0 radical (unpaired) electrons. The first-order chi connectivity index (χ1) is 7.18. The molecule has 0 aromatic heterocycles. The Morgan fingerprint density at radius 3 is 2.73 bits per heavy atom. The summed E-state index contributed by atoms with van der Waals surface area (Å²) in [6.07, 6.45) is 13.0. The van der Waals surface area contributed by atoms with E-state index < -0.39 is 0 Å². The molecule has 0 saturated carbocycles. The molecular formula is C13H20O2. The monoisotopic (exact) mass is 208 g/mol. The van der Waals surface area contributed by atoms with E-state index in [2.05, 4.69) is 12.2 Å². The van der Waals surface area contributed by atoms with Crippen molar-refractivity contribution in [2.75, 3.05) is 6.61 Å². The van der Waals surface area contributed by atoms with Crippen LogP contribution in [0.4, 0.5) is 0 Å². The zero-order valence-electron chi connectivity index (χ0n) is 9.77. The molecule has 0 amide bonds. The maximum atomic E-state index is 5.75. The third-order valence-corrected chi connectivity index (χ3v) is 2.18. The minimum atomic E-state index is -0.307. The number of rotatable bonds is 5. The van der Waals surface area contributed by atoms with Crippen molar-refractivity contribution in [2.45, 2.75) is 38.9 Å². The van der Waals surface area contributed by atoms with Gasteiger partial charge in [0.2, 0.25) is 0 Å². The van der Waals surface area contributed by atoms with Gasteiger partial charge in [0.05, 0.1) is 12.4 Å². The van der Waals surface area contributed by atoms with Crippen molar-refractivity contribution in [3.05, 3.63) is 36.6 Å². The highest BCUT2D eigenvalue weighted by Crippen LogP contribution is 2.24. The average Bonchev–Trinajstić information content (AvgIpc) is 2.19. The summed E-state index contributed by atoms with van der Waals surface area (Å²) in [5.41, 5.74) is -0.307. The van der Waals surface area contributed by atoms with Gasteiger partial charge < -0.3 is 9.47 Å². The fraction of sp³-hybridized carbons (Fsp3) is 0.538. The Bertz CT molecular complexity index is 264. The minimum absolute atomic E-state index is 0.211. The second-order valence-corrected chi connectivity index (χ2v) is 3.87. The zero-order valence-corrected chi connectivity index (χ0v) is 9.77. The third-order valence-electron chi connectivity index (χ3n) is 2.18. The Labute approximate surface area is 92.3 Å². The molecule has 15 heavy (non-hydrogen) atoms. The zero-order chi connectivity index (χ0) is 11.1. The van der Waals surface area contributed by atoms with Crippen molar-refractivity contribution in [1.29, 1.82) is 0 Å². The molecular weight excluding hydrogens is 188 g/mol. The van der Waals surface area contributed by atoms with Gasteiger partial charge in [-0.25, -0.2) is 0 Å². The highest BCUT2D eigenvalue weighted by atomic mass is 16.5. The fourth-order valence-electron chi connectivity index (χ4n) is 1.48. The summed E-state index contributed by atoms with van der Waals surface area (Å²) in [5, 5.41) is 0. The van der Waals surface area contributed by atoms with Crippen LogP contribution in [-0.2, 0) is 9.47 Å². The summed E-state index contributed by atoms with van der Waals surface area (Å²) in [5.74, 6) is 0. The molecule has 1 unspecified atom stereocenters. The highest BCUT2D eigenvalue weighted by molar-refractivity contribution is 5.24. The molecule has 0 aromatic rings. The predicted molar refractivity (Wildman–Crippen MR) is 62.6 cm³/mol. The molecule has 0 aliphatic heterocycles. The van der Waals surface area contributed by atoms with Crippen LogP contribution < -0.4 is 0 Å². The van der Waals surface area contributed by atoms with Crippen LogP contribution in [0.5, 0.6) is 0 Å². The second-order valence-electron chi connectivity index (χ2n) is 3.87. The van der Waals surface area contributed by atoms with Crippen molar-refractivity contribution in [1.82, 2.24) is 0 Å². The van der Waals surface area contributed by atoms with Crippen LogP contribution >= 0.6 is 0 Å². The number of hydrogen-bond donors (Lipinski definition) is 0. The summed E-state index contributed by atoms with van der Waals surface area (Å²) in [4.78, 5) is 0. The Morgan fingerprint density at radius 2 is 2.20 bits per heavy atom. The number of allylic oxidation sites excluding steroid dienone is 2. The van der Waals surface area contributed by atoms with Gasteiger partial charge in [0.25, 0.3) is 0 Å². The Kier molecular flexibility index (Phi) is 4.63. The summed E-state index contributed by atoms with van der Waals surface area (Å²) >= 11 is 0. The highest BCUT2D eigenvalue weighted by Gasteiger charge is 2.24. The van der Waals surface area contributed by atoms with Gasteiger partial charge in [-0.05, 0) is 32.9 Å². The first-order valence-electron chi connectivity index (χ1n) is 5.50. The van der Waals surface area contributed by atoms with Gasteiger partial charge in [-0.2, -0.15) is 0 Å². The van der Waals surface area contributed by atoms with E-state index in [0.29, 0.717) is 6.61 Å². The molecule has 0 fully saturated rings. The average molecular weight is 208 g/mol. The third kappa shape index (κ3) is 3.92. The van der Waals surface area contributed by atoms with Gasteiger partial charge in [-0.15, -0.1) is 0 Å². The van der Waals surface area contributed by atoms with Crippen molar-refractivity contribution in [3.63, 3.8) is 0 Å². The van der Waals surface area contributed by atoms with E-state index in [1.165, 1.54) is 0 Å². The van der Waals surface area contributed by atoms with Crippen molar-refractivity contribution < 1.29 is 9.47 Å². The topological polar surface area (TPSA) is 18.5 Å². The standard InChI is InChI=1S/C13H20O2/c1-4-15-13(8-6-5-7-9-13)10-11-14-12(2)3/h5-8,10-12H,4,9H2,1-3H3. The lowest BCUT2D eigenvalue weighted by Gasteiger charge is -2.27. The molecule has 1 atom stereocenters. The van der Waals surface area contributed by atoms with Crippen molar-refractivity contribution >= 4 is 0 Å². The maximum absolute atomic E-state index is 5.75. The maximum Gasteiger partial charge on any atom is 0.111 e. The van der Waals surface area contributed by atoms with Crippen LogP contribution in [0.25, 0.3) is 0 Å².